The highest BCUT2D eigenvalue weighted by atomic mass is 32.2. The molecular weight excluding hydrogens is 350 g/mol. The molecule has 0 spiro atoms. The second-order valence-corrected chi connectivity index (χ2v) is 8.82. The van der Waals surface area contributed by atoms with Gasteiger partial charge in [0.1, 0.15) is 5.76 Å². The summed E-state index contributed by atoms with van der Waals surface area (Å²) < 4.78 is 29.3. The van der Waals surface area contributed by atoms with Crippen LogP contribution in [-0.2, 0) is 16.4 Å². The van der Waals surface area contributed by atoms with E-state index in [1.165, 1.54) is 0 Å². The van der Waals surface area contributed by atoms with Gasteiger partial charge in [-0.3, -0.25) is 4.79 Å². The van der Waals surface area contributed by atoms with E-state index in [1.54, 1.807) is 29.4 Å². The van der Waals surface area contributed by atoms with E-state index in [9.17, 15) is 13.2 Å². The van der Waals surface area contributed by atoms with Crippen molar-refractivity contribution in [1.82, 2.24) is 4.90 Å². The second-order valence-electron chi connectivity index (χ2n) is 6.60. The van der Waals surface area contributed by atoms with E-state index in [0.717, 1.165) is 10.8 Å². The molecule has 1 fully saturated rings. The van der Waals surface area contributed by atoms with Crippen LogP contribution in [0.5, 0.6) is 0 Å². The van der Waals surface area contributed by atoms with Crippen LogP contribution in [0.4, 0.5) is 0 Å². The van der Waals surface area contributed by atoms with Crippen molar-refractivity contribution in [2.24, 2.45) is 0 Å². The largest absolute Gasteiger partial charge is 0.467 e. The highest BCUT2D eigenvalue weighted by molar-refractivity contribution is 7.91. The van der Waals surface area contributed by atoms with E-state index in [0.29, 0.717) is 17.7 Å². The molecule has 26 heavy (non-hydrogen) atoms. The van der Waals surface area contributed by atoms with Crippen LogP contribution in [0.2, 0.25) is 0 Å². The van der Waals surface area contributed by atoms with Crippen LogP contribution in [0, 0.1) is 0 Å². The molecule has 2 heterocycles. The summed E-state index contributed by atoms with van der Waals surface area (Å²) >= 11 is 0. The minimum atomic E-state index is -3.10. The Morgan fingerprint density at radius 1 is 1.08 bits per heavy atom. The Kier molecular flexibility index (Phi) is 4.28. The summed E-state index contributed by atoms with van der Waals surface area (Å²) in [6.07, 6.45) is 2.01. The highest BCUT2D eigenvalue weighted by Gasteiger charge is 2.35. The van der Waals surface area contributed by atoms with Gasteiger partial charge >= 0.3 is 0 Å². The minimum Gasteiger partial charge on any atom is -0.467 e. The fourth-order valence-electron chi connectivity index (χ4n) is 3.52. The van der Waals surface area contributed by atoms with Crippen LogP contribution in [0.15, 0.2) is 65.3 Å². The Labute approximate surface area is 152 Å². The van der Waals surface area contributed by atoms with Crippen LogP contribution in [0.1, 0.15) is 22.5 Å². The molecule has 0 N–H and O–H groups in total. The Hall–Kier alpha value is -2.60. The van der Waals surface area contributed by atoms with E-state index in [2.05, 4.69) is 0 Å². The normalized spacial score (nSPS) is 18.8. The van der Waals surface area contributed by atoms with Gasteiger partial charge in [0, 0.05) is 11.6 Å². The number of carbonyl (C=O) groups is 1. The molecule has 2 aromatic carbocycles. The summed E-state index contributed by atoms with van der Waals surface area (Å²) in [5, 5.41) is 1.85. The molecule has 1 unspecified atom stereocenters. The number of benzene rings is 2. The van der Waals surface area contributed by atoms with Crippen molar-refractivity contribution in [3.63, 3.8) is 0 Å². The number of nitrogens with zero attached hydrogens (tertiary/aromatic N) is 1. The van der Waals surface area contributed by atoms with Crippen molar-refractivity contribution in [3.05, 3.63) is 72.2 Å². The summed E-state index contributed by atoms with van der Waals surface area (Å²) in [5.41, 5.74) is 0.582. The third kappa shape index (κ3) is 3.24. The molecular formula is C20H19NO4S. The Morgan fingerprint density at radius 3 is 2.62 bits per heavy atom. The fraction of sp³-hybridized carbons (Fsp3) is 0.250. The zero-order valence-corrected chi connectivity index (χ0v) is 15.0. The van der Waals surface area contributed by atoms with Crippen molar-refractivity contribution < 1.29 is 17.6 Å². The maximum Gasteiger partial charge on any atom is 0.255 e. The van der Waals surface area contributed by atoms with Gasteiger partial charge in [-0.05, 0) is 35.4 Å². The number of hydrogen-bond donors (Lipinski definition) is 0. The molecule has 0 aliphatic carbocycles. The van der Waals surface area contributed by atoms with Gasteiger partial charge < -0.3 is 9.32 Å². The number of rotatable bonds is 4. The summed E-state index contributed by atoms with van der Waals surface area (Å²) in [7, 11) is -3.10. The molecule has 4 rings (SSSR count). The molecule has 0 bridgehead atoms. The van der Waals surface area contributed by atoms with Gasteiger partial charge in [0.15, 0.2) is 9.84 Å². The third-order valence-electron chi connectivity index (χ3n) is 4.84. The molecule has 1 aromatic heterocycles. The number of carbonyl (C=O) groups excluding carboxylic acids is 1. The Balaban J connectivity index is 1.74. The number of sulfone groups is 1. The van der Waals surface area contributed by atoms with Crippen LogP contribution in [0.3, 0.4) is 0 Å². The Morgan fingerprint density at radius 2 is 1.88 bits per heavy atom. The first-order valence-electron chi connectivity index (χ1n) is 8.55. The molecule has 1 aliphatic heterocycles. The standard InChI is InChI=1S/C20H19NO4S/c22-20(19-9-3-6-15-5-1-2-8-18(15)19)21(13-17-7-4-11-25-17)16-10-12-26(23,24)14-16/h1-9,11,16H,10,12-14H2. The molecule has 3 aromatic rings. The minimum absolute atomic E-state index is 0.00418. The number of hydrogen-bond acceptors (Lipinski definition) is 4. The van der Waals surface area contributed by atoms with Gasteiger partial charge in [0.2, 0.25) is 0 Å². The molecule has 1 atom stereocenters. The van der Waals surface area contributed by atoms with Crippen molar-refractivity contribution in [3.8, 4) is 0 Å². The Bertz CT molecular complexity index is 1040. The van der Waals surface area contributed by atoms with Gasteiger partial charge in [0.05, 0.1) is 24.3 Å². The van der Waals surface area contributed by atoms with E-state index in [1.807, 2.05) is 36.4 Å². The van der Waals surface area contributed by atoms with Crippen LogP contribution < -0.4 is 0 Å². The first-order valence-corrected chi connectivity index (χ1v) is 10.4. The smallest absolute Gasteiger partial charge is 0.255 e. The van der Waals surface area contributed by atoms with E-state index >= 15 is 0 Å². The SMILES string of the molecule is O=C(c1cccc2ccccc12)N(Cc1ccco1)C1CCS(=O)(=O)C1. The molecule has 1 saturated heterocycles. The molecule has 0 radical (unpaired) electrons. The average molecular weight is 369 g/mol. The zero-order valence-electron chi connectivity index (χ0n) is 14.2. The zero-order chi connectivity index (χ0) is 18.1. The lowest BCUT2D eigenvalue weighted by Gasteiger charge is -2.28. The maximum absolute atomic E-state index is 13.4. The topological polar surface area (TPSA) is 67.6 Å². The van der Waals surface area contributed by atoms with E-state index in [4.69, 9.17) is 4.42 Å². The number of amides is 1. The van der Waals surface area contributed by atoms with Gasteiger partial charge in [-0.25, -0.2) is 8.42 Å². The fourth-order valence-corrected chi connectivity index (χ4v) is 5.26. The summed E-state index contributed by atoms with van der Waals surface area (Å²) in [6, 6.07) is 16.5. The maximum atomic E-state index is 13.4. The predicted molar refractivity (Wildman–Crippen MR) is 99.6 cm³/mol. The summed E-state index contributed by atoms with van der Waals surface area (Å²) in [6.45, 7) is 0.259. The van der Waals surface area contributed by atoms with Gasteiger partial charge in [-0.1, -0.05) is 36.4 Å². The second kappa shape index (κ2) is 6.61. The molecule has 5 nitrogen and oxygen atoms in total. The molecule has 134 valence electrons. The van der Waals surface area contributed by atoms with Crippen LogP contribution in [0.25, 0.3) is 10.8 Å². The van der Waals surface area contributed by atoms with Crippen molar-refractivity contribution >= 4 is 26.5 Å². The van der Waals surface area contributed by atoms with Crippen LogP contribution >= 0.6 is 0 Å². The number of fused-ring (bicyclic) bond motifs is 1. The first kappa shape index (κ1) is 16.8. The number of furan rings is 1. The molecule has 1 amide bonds. The van der Waals surface area contributed by atoms with E-state index in [-0.39, 0.29) is 30.0 Å². The van der Waals surface area contributed by atoms with E-state index < -0.39 is 9.84 Å². The van der Waals surface area contributed by atoms with Crippen molar-refractivity contribution in [2.75, 3.05) is 11.5 Å². The van der Waals surface area contributed by atoms with Crippen molar-refractivity contribution in [1.29, 1.82) is 0 Å². The van der Waals surface area contributed by atoms with Crippen LogP contribution in [-0.4, -0.2) is 36.8 Å². The average Bonchev–Trinajstić information content (AvgIpc) is 3.27. The van der Waals surface area contributed by atoms with Gasteiger partial charge in [-0.2, -0.15) is 0 Å². The highest BCUT2D eigenvalue weighted by Crippen LogP contribution is 2.26. The monoisotopic (exact) mass is 369 g/mol. The lowest BCUT2D eigenvalue weighted by atomic mass is 10.0. The lowest BCUT2D eigenvalue weighted by molar-refractivity contribution is 0.0668. The predicted octanol–water partition coefficient (Wildman–Crippen LogP) is 3.26. The molecule has 1 aliphatic rings. The summed E-state index contributed by atoms with van der Waals surface area (Å²) in [5.74, 6) is 0.600. The van der Waals surface area contributed by atoms with Crippen molar-refractivity contribution in [2.45, 2.75) is 19.0 Å². The lowest BCUT2D eigenvalue weighted by Crippen LogP contribution is -2.40. The quantitative estimate of drug-likeness (QED) is 0.708. The van der Waals surface area contributed by atoms with Gasteiger partial charge in [-0.15, -0.1) is 0 Å². The third-order valence-corrected chi connectivity index (χ3v) is 6.59. The summed E-state index contributed by atoms with van der Waals surface area (Å²) in [4.78, 5) is 15.0. The first-order chi connectivity index (χ1) is 12.5. The van der Waals surface area contributed by atoms with Gasteiger partial charge in [0.25, 0.3) is 5.91 Å². The molecule has 6 heteroatoms. The molecule has 0 saturated carbocycles.